The van der Waals surface area contributed by atoms with Crippen molar-refractivity contribution >= 4 is 25.8 Å². The highest BCUT2D eigenvalue weighted by Crippen LogP contribution is 2.41. The standard InChI is InChI=1S/C13H23BrO2S/c14-10-13(7-3-4-8-13)11-17(15,16)9-12-5-1-2-6-12/h12H,1-11H2. The first-order valence-electron chi connectivity index (χ1n) is 6.82. The van der Waals surface area contributed by atoms with Crippen LogP contribution in [-0.4, -0.2) is 25.3 Å². The zero-order valence-corrected chi connectivity index (χ0v) is 12.9. The molecule has 0 aromatic heterocycles. The van der Waals surface area contributed by atoms with Gasteiger partial charge in [0.05, 0.1) is 11.5 Å². The van der Waals surface area contributed by atoms with E-state index in [1.165, 1.54) is 25.7 Å². The topological polar surface area (TPSA) is 34.1 Å². The van der Waals surface area contributed by atoms with E-state index in [9.17, 15) is 8.42 Å². The fourth-order valence-corrected chi connectivity index (χ4v) is 7.02. The summed E-state index contributed by atoms with van der Waals surface area (Å²) in [7, 11) is -2.85. The Labute approximate surface area is 114 Å². The molecule has 2 nitrogen and oxygen atoms in total. The van der Waals surface area contributed by atoms with Gasteiger partial charge in [-0.2, -0.15) is 0 Å². The summed E-state index contributed by atoms with van der Waals surface area (Å²) in [5, 5.41) is 0.851. The van der Waals surface area contributed by atoms with Gasteiger partial charge in [0.25, 0.3) is 0 Å². The van der Waals surface area contributed by atoms with Crippen LogP contribution in [-0.2, 0) is 9.84 Å². The average Bonchev–Trinajstić information content (AvgIpc) is 2.89. The predicted octanol–water partition coefficient (Wildman–Crippen LogP) is 3.55. The normalized spacial score (nSPS) is 25.5. The lowest BCUT2D eigenvalue weighted by Gasteiger charge is -2.26. The number of hydrogen-bond acceptors (Lipinski definition) is 2. The van der Waals surface area contributed by atoms with Gasteiger partial charge in [-0.3, -0.25) is 0 Å². The van der Waals surface area contributed by atoms with Crippen LogP contribution in [0.1, 0.15) is 51.4 Å². The van der Waals surface area contributed by atoms with Crippen molar-refractivity contribution in [3.8, 4) is 0 Å². The van der Waals surface area contributed by atoms with Crippen molar-refractivity contribution in [1.82, 2.24) is 0 Å². The monoisotopic (exact) mass is 322 g/mol. The maximum Gasteiger partial charge on any atom is 0.151 e. The molecule has 100 valence electrons. The molecule has 0 aromatic carbocycles. The van der Waals surface area contributed by atoms with Crippen molar-refractivity contribution in [3.05, 3.63) is 0 Å². The highest BCUT2D eigenvalue weighted by molar-refractivity contribution is 9.09. The molecule has 0 saturated heterocycles. The van der Waals surface area contributed by atoms with Crippen LogP contribution in [0.4, 0.5) is 0 Å². The molecule has 17 heavy (non-hydrogen) atoms. The van der Waals surface area contributed by atoms with E-state index in [1.54, 1.807) is 0 Å². The molecule has 0 spiro atoms. The molecule has 0 unspecified atom stereocenters. The van der Waals surface area contributed by atoms with Crippen LogP contribution in [0.5, 0.6) is 0 Å². The van der Waals surface area contributed by atoms with Crippen LogP contribution < -0.4 is 0 Å². The van der Waals surface area contributed by atoms with Gasteiger partial charge in [0.15, 0.2) is 9.84 Å². The smallest absolute Gasteiger partial charge is 0.151 e. The predicted molar refractivity (Wildman–Crippen MR) is 75.3 cm³/mol. The first-order chi connectivity index (χ1) is 8.05. The Kier molecular flexibility index (Phi) is 4.56. The van der Waals surface area contributed by atoms with E-state index in [2.05, 4.69) is 15.9 Å². The van der Waals surface area contributed by atoms with Gasteiger partial charge < -0.3 is 0 Å². The highest BCUT2D eigenvalue weighted by Gasteiger charge is 2.38. The first kappa shape index (κ1) is 13.9. The van der Waals surface area contributed by atoms with Crippen molar-refractivity contribution in [2.75, 3.05) is 16.8 Å². The summed E-state index contributed by atoms with van der Waals surface area (Å²) in [4.78, 5) is 0. The maximum absolute atomic E-state index is 12.3. The molecule has 0 amide bonds. The molecule has 0 aliphatic heterocycles. The molecule has 0 bridgehead atoms. The summed E-state index contributed by atoms with van der Waals surface area (Å²) in [5.74, 6) is 1.32. The number of alkyl halides is 1. The number of hydrogen-bond donors (Lipinski definition) is 0. The van der Waals surface area contributed by atoms with Crippen molar-refractivity contribution in [2.24, 2.45) is 11.3 Å². The van der Waals surface area contributed by atoms with E-state index in [4.69, 9.17) is 0 Å². The largest absolute Gasteiger partial charge is 0.229 e. The minimum absolute atomic E-state index is 0.0530. The molecule has 0 heterocycles. The molecule has 0 aromatic rings. The molecule has 2 fully saturated rings. The van der Waals surface area contributed by atoms with E-state index >= 15 is 0 Å². The molecule has 2 saturated carbocycles. The molecule has 0 N–H and O–H groups in total. The second kappa shape index (κ2) is 5.60. The third kappa shape index (κ3) is 3.69. The van der Waals surface area contributed by atoms with Crippen molar-refractivity contribution in [3.63, 3.8) is 0 Å². The number of halogens is 1. The quantitative estimate of drug-likeness (QED) is 0.725. The van der Waals surface area contributed by atoms with Crippen LogP contribution in [0.25, 0.3) is 0 Å². The van der Waals surface area contributed by atoms with E-state index in [0.29, 0.717) is 17.4 Å². The second-order valence-electron chi connectivity index (χ2n) is 6.05. The van der Waals surface area contributed by atoms with Gasteiger partial charge in [-0.25, -0.2) is 8.42 Å². The molecule has 2 aliphatic rings. The molecule has 4 heteroatoms. The Morgan fingerprint density at radius 1 is 1.06 bits per heavy atom. The Bertz CT molecular complexity index is 338. The SMILES string of the molecule is O=S(=O)(CC1CCCC1)CC1(CBr)CCCC1. The second-order valence-corrected chi connectivity index (χ2v) is 8.72. The Morgan fingerprint density at radius 3 is 2.18 bits per heavy atom. The average molecular weight is 323 g/mol. The van der Waals surface area contributed by atoms with Gasteiger partial charge in [0.2, 0.25) is 0 Å². The highest BCUT2D eigenvalue weighted by atomic mass is 79.9. The molecule has 0 radical (unpaired) electrons. The van der Waals surface area contributed by atoms with E-state index < -0.39 is 9.84 Å². The molecule has 2 rings (SSSR count). The third-order valence-corrected chi connectivity index (χ3v) is 7.66. The van der Waals surface area contributed by atoms with Gasteiger partial charge in [0, 0.05) is 5.33 Å². The summed E-state index contributed by atoms with van der Waals surface area (Å²) >= 11 is 3.53. The van der Waals surface area contributed by atoms with Crippen LogP contribution in [0.3, 0.4) is 0 Å². The molecular formula is C13H23BrO2S. The van der Waals surface area contributed by atoms with Crippen molar-refractivity contribution < 1.29 is 8.42 Å². The minimum atomic E-state index is -2.85. The molecule has 2 aliphatic carbocycles. The van der Waals surface area contributed by atoms with Crippen molar-refractivity contribution in [2.45, 2.75) is 51.4 Å². The van der Waals surface area contributed by atoms with Gasteiger partial charge in [0.1, 0.15) is 0 Å². The summed E-state index contributed by atoms with van der Waals surface area (Å²) in [6, 6.07) is 0. The van der Waals surface area contributed by atoms with E-state index in [1.807, 2.05) is 0 Å². The number of rotatable bonds is 5. The molecule has 0 atom stereocenters. The van der Waals surface area contributed by atoms with Crippen LogP contribution in [0, 0.1) is 11.3 Å². The van der Waals surface area contributed by atoms with E-state index in [0.717, 1.165) is 31.0 Å². The Morgan fingerprint density at radius 2 is 1.65 bits per heavy atom. The van der Waals surface area contributed by atoms with Crippen LogP contribution in [0.15, 0.2) is 0 Å². The minimum Gasteiger partial charge on any atom is -0.229 e. The lowest BCUT2D eigenvalue weighted by atomic mass is 9.92. The van der Waals surface area contributed by atoms with Crippen LogP contribution in [0.2, 0.25) is 0 Å². The zero-order valence-electron chi connectivity index (χ0n) is 10.5. The van der Waals surface area contributed by atoms with Crippen molar-refractivity contribution in [1.29, 1.82) is 0 Å². The van der Waals surface area contributed by atoms with Gasteiger partial charge >= 0.3 is 0 Å². The Balaban J connectivity index is 1.95. The lowest BCUT2D eigenvalue weighted by molar-refractivity contribution is 0.393. The van der Waals surface area contributed by atoms with Gasteiger partial charge in [-0.1, -0.05) is 41.6 Å². The number of sulfone groups is 1. The third-order valence-electron chi connectivity index (χ3n) is 4.44. The van der Waals surface area contributed by atoms with Gasteiger partial charge in [-0.05, 0) is 37.0 Å². The molecular weight excluding hydrogens is 300 g/mol. The summed E-state index contributed by atoms with van der Waals surface area (Å²) in [5.41, 5.74) is 0.0530. The fraction of sp³-hybridized carbons (Fsp3) is 1.00. The lowest BCUT2D eigenvalue weighted by Crippen LogP contribution is -2.31. The summed E-state index contributed by atoms with van der Waals surface area (Å²) < 4.78 is 24.6. The zero-order chi connectivity index (χ0) is 12.4. The fourth-order valence-electron chi connectivity index (χ4n) is 3.50. The maximum atomic E-state index is 12.3. The first-order valence-corrected chi connectivity index (χ1v) is 9.76. The van der Waals surface area contributed by atoms with E-state index in [-0.39, 0.29) is 5.41 Å². The Hall–Kier alpha value is 0.430. The van der Waals surface area contributed by atoms with Crippen LogP contribution >= 0.6 is 15.9 Å². The van der Waals surface area contributed by atoms with Gasteiger partial charge in [-0.15, -0.1) is 0 Å². The summed E-state index contributed by atoms with van der Waals surface area (Å²) in [6.45, 7) is 0. The summed E-state index contributed by atoms with van der Waals surface area (Å²) in [6.07, 6.45) is 9.27.